The Morgan fingerprint density at radius 3 is 2.78 bits per heavy atom. The molecule has 2 N–H and O–H groups in total. The Balaban J connectivity index is 2.29. The van der Waals surface area contributed by atoms with Gasteiger partial charge in [-0.15, -0.1) is 23.1 Å². The molecule has 0 fully saturated rings. The molecule has 1 aromatic carbocycles. The van der Waals surface area contributed by atoms with Crippen molar-refractivity contribution in [3.63, 3.8) is 0 Å². The number of thiazole rings is 1. The summed E-state index contributed by atoms with van der Waals surface area (Å²) in [4.78, 5) is 16.8. The largest absolute Gasteiger partial charge is 0.476 e. The first-order chi connectivity index (χ1) is 8.61. The number of carboxylic acid groups (broad SMARTS) is 1. The van der Waals surface area contributed by atoms with Gasteiger partial charge in [-0.25, -0.2) is 9.78 Å². The fourth-order valence-electron chi connectivity index (χ4n) is 1.51. The maximum absolute atomic E-state index is 10.9. The average Bonchev–Trinajstić information content (AvgIpc) is 2.71. The Hall–Kier alpha value is -1.53. The first kappa shape index (κ1) is 12.9. The Morgan fingerprint density at radius 2 is 2.17 bits per heavy atom. The second-order valence-electron chi connectivity index (χ2n) is 3.55. The van der Waals surface area contributed by atoms with Gasteiger partial charge < -0.3 is 10.4 Å². The molecule has 0 spiro atoms. The maximum atomic E-state index is 10.9. The summed E-state index contributed by atoms with van der Waals surface area (Å²) >= 11 is 2.97. The molecule has 0 aliphatic heterocycles. The zero-order valence-corrected chi connectivity index (χ0v) is 11.6. The molecule has 0 amide bonds. The summed E-state index contributed by atoms with van der Waals surface area (Å²) in [5.41, 5.74) is 1.06. The smallest absolute Gasteiger partial charge is 0.355 e. The van der Waals surface area contributed by atoms with E-state index in [0.29, 0.717) is 10.0 Å². The molecule has 0 saturated heterocycles. The van der Waals surface area contributed by atoms with Crippen LogP contribution in [0.15, 0.2) is 29.2 Å². The third-order valence-electron chi connectivity index (χ3n) is 2.35. The molecule has 94 valence electrons. The molecule has 6 heteroatoms. The molecule has 0 saturated carbocycles. The van der Waals surface area contributed by atoms with Crippen molar-refractivity contribution in [2.24, 2.45) is 0 Å². The van der Waals surface area contributed by atoms with Gasteiger partial charge >= 0.3 is 5.97 Å². The van der Waals surface area contributed by atoms with Crippen molar-refractivity contribution in [3.8, 4) is 0 Å². The summed E-state index contributed by atoms with van der Waals surface area (Å²) < 4.78 is 0. The third kappa shape index (κ3) is 2.65. The molecule has 1 aromatic heterocycles. The SMILES string of the molecule is CSc1ccccc1Nc1nc(C(=O)O)c(C)s1. The molecule has 1 heterocycles. The van der Waals surface area contributed by atoms with E-state index in [-0.39, 0.29) is 5.69 Å². The van der Waals surface area contributed by atoms with Crippen molar-refractivity contribution in [1.82, 2.24) is 4.98 Å². The summed E-state index contributed by atoms with van der Waals surface area (Å²) in [6, 6.07) is 7.85. The number of aryl methyl sites for hydroxylation is 1. The van der Waals surface area contributed by atoms with Crippen LogP contribution in [0.3, 0.4) is 0 Å². The molecule has 2 aromatic rings. The van der Waals surface area contributed by atoms with Crippen LogP contribution in [0.4, 0.5) is 10.8 Å². The number of carboxylic acids is 1. The van der Waals surface area contributed by atoms with E-state index in [1.54, 1.807) is 18.7 Å². The lowest BCUT2D eigenvalue weighted by Crippen LogP contribution is -1.99. The van der Waals surface area contributed by atoms with Gasteiger partial charge in [0, 0.05) is 9.77 Å². The van der Waals surface area contributed by atoms with E-state index in [1.807, 2.05) is 30.5 Å². The van der Waals surface area contributed by atoms with Crippen LogP contribution in [0, 0.1) is 6.92 Å². The number of hydrogen-bond donors (Lipinski definition) is 2. The molecule has 0 aliphatic rings. The lowest BCUT2D eigenvalue weighted by atomic mass is 10.3. The number of para-hydroxylation sites is 1. The van der Waals surface area contributed by atoms with Crippen molar-refractivity contribution in [2.75, 3.05) is 11.6 Å². The van der Waals surface area contributed by atoms with Crippen molar-refractivity contribution < 1.29 is 9.90 Å². The average molecular weight is 280 g/mol. The van der Waals surface area contributed by atoms with Crippen LogP contribution in [0.1, 0.15) is 15.4 Å². The Bertz CT molecular complexity index is 581. The molecule has 18 heavy (non-hydrogen) atoms. The number of aromatic carboxylic acids is 1. The van der Waals surface area contributed by atoms with Crippen molar-refractivity contribution >= 4 is 39.9 Å². The highest BCUT2D eigenvalue weighted by molar-refractivity contribution is 7.98. The van der Waals surface area contributed by atoms with Gasteiger partial charge in [0.2, 0.25) is 0 Å². The minimum Gasteiger partial charge on any atom is -0.476 e. The van der Waals surface area contributed by atoms with Gasteiger partial charge in [0.25, 0.3) is 0 Å². The predicted octanol–water partition coefficient (Wildman–Crippen LogP) is 3.62. The van der Waals surface area contributed by atoms with E-state index < -0.39 is 5.97 Å². The number of hydrogen-bond acceptors (Lipinski definition) is 5. The molecular weight excluding hydrogens is 268 g/mol. The number of rotatable bonds is 4. The van der Waals surface area contributed by atoms with Crippen molar-refractivity contribution in [2.45, 2.75) is 11.8 Å². The van der Waals surface area contributed by atoms with Gasteiger partial charge in [0.15, 0.2) is 10.8 Å². The first-order valence-electron chi connectivity index (χ1n) is 5.22. The second kappa shape index (κ2) is 5.41. The zero-order valence-electron chi connectivity index (χ0n) is 9.93. The molecule has 0 atom stereocenters. The fourth-order valence-corrected chi connectivity index (χ4v) is 2.88. The standard InChI is InChI=1S/C12H12N2O2S2/c1-7-10(11(15)16)14-12(18-7)13-8-5-3-4-6-9(8)17-2/h3-6H,1-2H3,(H,13,14)(H,15,16). The van der Waals surface area contributed by atoms with Gasteiger partial charge in [0.05, 0.1) is 5.69 Å². The molecular formula is C12H12N2O2S2. The van der Waals surface area contributed by atoms with E-state index in [1.165, 1.54) is 11.3 Å². The Labute approximate surface area is 113 Å². The van der Waals surface area contributed by atoms with Gasteiger partial charge in [-0.3, -0.25) is 0 Å². The van der Waals surface area contributed by atoms with Gasteiger partial charge in [-0.2, -0.15) is 0 Å². The number of benzene rings is 1. The zero-order chi connectivity index (χ0) is 13.1. The molecule has 0 unspecified atom stereocenters. The second-order valence-corrected chi connectivity index (χ2v) is 5.61. The van der Waals surface area contributed by atoms with E-state index >= 15 is 0 Å². The predicted molar refractivity (Wildman–Crippen MR) is 75.3 cm³/mol. The lowest BCUT2D eigenvalue weighted by Gasteiger charge is -2.06. The third-order valence-corrected chi connectivity index (χ3v) is 4.03. The summed E-state index contributed by atoms with van der Waals surface area (Å²) in [6.45, 7) is 1.76. The quantitative estimate of drug-likeness (QED) is 0.838. The summed E-state index contributed by atoms with van der Waals surface area (Å²) in [5.74, 6) is -0.991. The number of carbonyl (C=O) groups is 1. The van der Waals surface area contributed by atoms with E-state index in [2.05, 4.69) is 10.3 Å². The molecule has 4 nitrogen and oxygen atoms in total. The van der Waals surface area contributed by atoms with Crippen LogP contribution in [-0.4, -0.2) is 22.3 Å². The Morgan fingerprint density at radius 1 is 1.44 bits per heavy atom. The molecule has 0 bridgehead atoms. The molecule has 2 rings (SSSR count). The van der Waals surface area contributed by atoms with Crippen LogP contribution >= 0.6 is 23.1 Å². The minimum absolute atomic E-state index is 0.115. The molecule has 0 radical (unpaired) electrons. The van der Waals surface area contributed by atoms with Crippen LogP contribution in [0.25, 0.3) is 0 Å². The highest BCUT2D eigenvalue weighted by Gasteiger charge is 2.14. The number of aromatic nitrogens is 1. The lowest BCUT2D eigenvalue weighted by molar-refractivity contribution is 0.0690. The number of thioether (sulfide) groups is 1. The Kier molecular flexibility index (Phi) is 3.88. The number of nitrogens with zero attached hydrogens (tertiary/aromatic N) is 1. The van der Waals surface area contributed by atoms with Gasteiger partial charge in [-0.05, 0) is 25.3 Å². The topological polar surface area (TPSA) is 62.2 Å². The number of anilines is 2. The monoisotopic (exact) mass is 280 g/mol. The van der Waals surface area contributed by atoms with Crippen LogP contribution in [0.5, 0.6) is 0 Å². The van der Waals surface area contributed by atoms with Crippen molar-refractivity contribution in [1.29, 1.82) is 0 Å². The normalized spacial score (nSPS) is 10.3. The van der Waals surface area contributed by atoms with Gasteiger partial charge in [0.1, 0.15) is 0 Å². The van der Waals surface area contributed by atoms with E-state index in [9.17, 15) is 4.79 Å². The van der Waals surface area contributed by atoms with Crippen LogP contribution in [0.2, 0.25) is 0 Å². The fraction of sp³-hybridized carbons (Fsp3) is 0.167. The molecule has 0 aliphatic carbocycles. The minimum atomic E-state index is -0.991. The van der Waals surface area contributed by atoms with E-state index in [0.717, 1.165) is 10.6 Å². The summed E-state index contributed by atoms with van der Waals surface area (Å²) in [5, 5.41) is 12.7. The van der Waals surface area contributed by atoms with Crippen LogP contribution < -0.4 is 5.32 Å². The van der Waals surface area contributed by atoms with Gasteiger partial charge in [-0.1, -0.05) is 12.1 Å². The highest BCUT2D eigenvalue weighted by atomic mass is 32.2. The summed E-state index contributed by atoms with van der Waals surface area (Å²) in [6.07, 6.45) is 2.00. The summed E-state index contributed by atoms with van der Waals surface area (Å²) in [7, 11) is 0. The maximum Gasteiger partial charge on any atom is 0.355 e. The first-order valence-corrected chi connectivity index (χ1v) is 7.26. The van der Waals surface area contributed by atoms with E-state index in [4.69, 9.17) is 5.11 Å². The highest BCUT2D eigenvalue weighted by Crippen LogP contribution is 2.30. The van der Waals surface area contributed by atoms with Crippen molar-refractivity contribution in [3.05, 3.63) is 34.8 Å². The number of nitrogens with one attached hydrogen (secondary N) is 1. The van der Waals surface area contributed by atoms with Crippen LogP contribution in [-0.2, 0) is 0 Å².